The molecule has 0 bridgehead atoms. The summed E-state index contributed by atoms with van der Waals surface area (Å²) in [6, 6.07) is 5.97. The van der Waals surface area contributed by atoms with Crippen molar-refractivity contribution in [3.05, 3.63) is 29.3 Å². The molecule has 0 aliphatic carbocycles. The summed E-state index contributed by atoms with van der Waals surface area (Å²) in [5, 5.41) is 12.0. The normalized spacial score (nSPS) is 15.7. The minimum Gasteiger partial charge on any atom is -0.395 e. The molecule has 5 nitrogen and oxygen atoms in total. The van der Waals surface area contributed by atoms with Gasteiger partial charge in [-0.05, 0) is 30.2 Å². The molecule has 19 heavy (non-hydrogen) atoms. The molecular formula is C14H21N3O2. The Morgan fingerprint density at radius 1 is 1.53 bits per heavy atom. The summed E-state index contributed by atoms with van der Waals surface area (Å²) in [7, 11) is 1.81. The summed E-state index contributed by atoms with van der Waals surface area (Å²) >= 11 is 0. The lowest BCUT2D eigenvalue weighted by Crippen LogP contribution is -2.37. The Kier molecular flexibility index (Phi) is 4.52. The van der Waals surface area contributed by atoms with Crippen LogP contribution in [0.1, 0.15) is 11.1 Å². The highest BCUT2D eigenvalue weighted by atomic mass is 16.3. The second-order valence-corrected chi connectivity index (χ2v) is 4.99. The number of aliphatic hydroxyl groups excluding tert-OH is 1. The van der Waals surface area contributed by atoms with Crippen LogP contribution in [0.3, 0.4) is 0 Å². The largest absolute Gasteiger partial charge is 0.395 e. The molecule has 104 valence electrons. The number of hydrogen-bond acceptors (Lipinski definition) is 4. The van der Waals surface area contributed by atoms with Gasteiger partial charge >= 0.3 is 0 Å². The van der Waals surface area contributed by atoms with Gasteiger partial charge in [0.25, 0.3) is 0 Å². The van der Waals surface area contributed by atoms with Crippen LogP contribution in [0.15, 0.2) is 18.2 Å². The lowest BCUT2D eigenvalue weighted by Gasteiger charge is -2.11. The Bertz CT molecular complexity index is 462. The van der Waals surface area contributed by atoms with Gasteiger partial charge in [-0.2, -0.15) is 0 Å². The molecular weight excluding hydrogens is 242 g/mol. The number of nitrogens with zero attached hydrogens (tertiary/aromatic N) is 1. The number of carbonyl (C=O) groups excluding carboxylic acids is 1. The molecule has 0 saturated carbocycles. The summed E-state index contributed by atoms with van der Waals surface area (Å²) in [6.45, 7) is 1.43. The number of fused-ring (bicyclic) bond motifs is 1. The molecule has 4 N–H and O–H groups in total. The average Bonchev–Trinajstić information content (AvgIpc) is 2.69. The number of likely N-dealkylation sites (N-methyl/N-ethyl adjacent to an activating group) is 1. The molecule has 1 heterocycles. The zero-order valence-corrected chi connectivity index (χ0v) is 11.2. The van der Waals surface area contributed by atoms with Crippen molar-refractivity contribution in [2.24, 2.45) is 5.73 Å². The van der Waals surface area contributed by atoms with Crippen LogP contribution < -0.4 is 16.0 Å². The zero-order valence-electron chi connectivity index (χ0n) is 11.2. The van der Waals surface area contributed by atoms with E-state index in [2.05, 4.69) is 17.4 Å². The van der Waals surface area contributed by atoms with Crippen LogP contribution in [0, 0.1) is 0 Å². The van der Waals surface area contributed by atoms with Gasteiger partial charge in [0.2, 0.25) is 5.91 Å². The van der Waals surface area contributed by atoms with Gasteiger partial charge in [-0.15, -0.1) is 0 Å². The molecule has 5 heteroatoms. The van der Waals surface area contributed by atoms with Crippen LogP contribution in [0.4, 0.5) is 5.69 Å². The number of benzene rings is 1. The van der Waals surface area contributed by atoms with Crippen molar-refractivity contribution >= 4 is 11.6 Å². The smallest absolute Gasteiger partial charge is 0.231 e. The van der Waals surface area contributed by atoms with Gasteiger partial charge in [-0.25, -0.2) is 0 Å². The third-order valence-electron chi connectivity index (χ3n) is 3.45. The summed E-state index contributed by atoms with van der Waals surface area (Å²) in [5.74, 6) is 0.152. The Hall–Kier alpha value is -1.43. The first-order valence-corrected chi connectivity index (χ1v) is 6.57. The Morgan fingerprint density at radius 2 is 2.32 bits per heavy atom. The van der Waals surface area contributed by atoms with Gasteiger partial charge in [0.05, 0.1) is 13.0 Å². The number of rotatable bonds is 6. The Morgan fingerprint density at radius 3 is 3.05 bits per heavy atom. The molecule has 0 spiro atoms. The molecule has 1 aromatic carbocycles. The predicted octanol–water partition coefficient (Wildman–Crippen LogP) is -0.343. The average molecular weight is 263 g/mol. The van der Waals surface area contributed by atoms with Crippen molar-refractivity contribution in [2.75, 3.05) is 31.6 Å². The van der Waals surface area contributed by atoms with Crippen molar-refractivity contribution in [1.29, 1.82) is 0 Å². The third kappa shape index (κ3) is 3.32. The summed E-state index contributed by atoms with van der Waals surface area (Å²) in [4.78, 5) is 13.3. The second-order valence-electron chi connectivity index (χ2n) is 4.99. The van der Waals surface area contributed by atoms with Gasteiger partial charge in [0, 0.05) is 25.3 Å². The van der Waals surface area contributed by atoms with Crippen molar-refractivity contribution in [1.82, 2.24) is 5.32 Å². The topological polar surface area (TPSA) is 78.6 Å². The molecule has 1 unspecified atom stereocenters. The van der Waals surface area contributed by atoms with Gasteiger partial charge in [0.1, 0.15) is 0 Å². The van der Waals surface area contributed by atoms with Crippen molar-refractivity contribution in [3.63, 3.8) is 0 Å². The van der Waals surface area contributed by atoms with Crippen LogP contribution in [-0.2, 0) is 17.6 Å². The molecule has 0 radical (unpaired) electrons. The molecule has 1 atom stereocenters. The third-order valence-corrected chi connectivity index (χ3v) is 3.45. The zero-order chi connectivity index (χ0) is 13.8. The molecule has 1 aromatic rings. The van der Waals surface area contributed by atoms with E-state index in [4.69, 9.17) is 10.8 Å². The van der Waals surface area contributed by atoms with E-state index < -0.39 is 0 Å². The molecule has 2 rings (SSSR count). The molecule has 1 aliphatic rings. The quantitative estimate of drug-likeness (QED) is 0.613. The van der Waals surface area contributed by atoms with Crippen LogP contribution in [-0.4, -0.2) is 43.8 Å². The van der Waals surface area contributed by atoms with Gasteiger partial charge in [0.15, 0.2) is 0 Å². The van der Waals surface area contributed by atoms with E-state index in [0.717, 1.165) is 24.2 Å². The van der Waals surface area contributed by atoms with Crippen LogP contribution >= 0.6 is 0 Å². The van der Waals surface area contributed by atoms with E-state index >= 15 is 0 Å². The maximum absolute atomic E-state index is 11.6. The van der Waals surface area contributed by atoms with Crippen LogP contribution in [0.5, 0.6) is 0 Å². The van der Waals surface area contributed by atoms with Gasteiger partial charge in [-0.3, -0.25) is 4.79 Å². The first-order chi connectivity index (χ1) is 9.11. The first-order valence-electron chi connectivity index (χ1n) is 6.57. The summed E-state index contributed by atoms with van der Waals surface area (Å²) < 4.78 is 0. The number of anilines is 1. The number of aliphatic hydroxyl groups is 1. The van der Waals surface area contributed by atoms with Crippen molar-refractivity contribution in [2.45, 2.75) is 18.9 Å². The highest BCUT2D eigenvalue weighted by Crippen LogP contribution is 2.28. The number of nitrogens with one attached hydrogen (secondary N) is 1. The summed E-state index contributed by atoms with van der Waals surface area (Å²) in [5.41, 5.74) is 8.94. The molecule has 1 amide bonds. The predicted molar refractivity (Wildman–Crippen MR) is 75.2 cm³/mol. The minimum atomic E-state index is -0.203. The van der Waals surface area contributed by atoms with Gasteiger partial charge in [-0.1, -0.05) is 12.1 Å². The van der Waals surface area contributed by atoms with Crippen LogP contribution in [0.25, 0.3) is 0 Å². The van der Waals surface area contributed by atoms with E-state index in [1.165, 1.54) is 5.56 Å². The fourth-order valence-electron chi connectivity index (χ4n) is 2.26. The molecule has 0 aromatic heterocycles. The lowest BCUT2D eigenvalue weighted by atomic mass is 10.1. The maximum atomic E-state index is 11.6. The van der Waals surface area contributed by atoms with E-state index in [9.17, 15) is 4.79 Å². The number of amides is 1. The minimum absolute atomic E-state index is 0.000289. The second kappa shape index (κ2) is 6.14. The highest BCUT2D eigenvalue weighted by molar-refractivity contribution is 6.00. The fourth-order valence-corrected chi connectivity index (χ4v) is 2.26. The van der Waals surface area contributed by atoms with E-state index in [1.807, 2.05) is 13.1 Å². The molecule has 0 saturated heterocycles. The van der Waals surface area contributed by atoms with Gasteiger partial charge < -0.3 is 21.1 Å². The van der Waals surface area contributed by atoms with Crippen molar-refractivity contribution in [3.8, 4) is 0 Å². The Balaban J connectivity index is 1.86. The number of hydrogen-bond donors (Lipinski definition) is 3. The number of nitrogens with two attached hydrogens (primary N) is 1. The van der Waals surface area contributed by atoms with Crippen molar-refractivity contribution < 1.29 is 9.90 Å². The van der Waals surface area contributed by atoms with Crippen LogP contribution in [0.2, 0.25) is 0 Å². The maximum Gasteiger partial charge on any atom is 0.231 e. The number of carbonyl (C=O) groups is 1. The summed E-state index contributed by atoms with van der Waals surface area (Å²) in [6.07, 6.45) is 1.39. The highest BCUT2D eigenvalue weighted by Gasteiger charge is 2.23. The standard InChI is InChI=1S/C14H21N3O2/c1-17-13-3-2-10(6-11(13)7-14(17)19)4-5-16-8-12(15)9-18/h2-3,6,12,16,18H,4-5,7-9,15H2,1H3. The molecule has 0 fully saturated rings. The molecule has 1 aliphatic heterocycles. The first kappa shape index (κ1) is 14.0. The van der Waals surface area contributed by atoms with E-state index in [-0.39, 0.29) is 18.6 Å². The van der Waals surface area contributed by atoms with E-state index in [1.54, 1.807) is 4.90 Å². The SMILES string of the molecule is CN1C(=O)Cc2cc(CCNCC(N)CO)ccc21. The fraction of sp³-hybridized carbons (Fsp3) is 0.500. The Labute approximate surface area is 113 Å². The monoisotopic (exact) mass is 263 g/mol. The van der Waals surface area contributed by atoms with E-state index in [0.29, 0.717) is 13.0 Å². The lowest BCUT2D eigenvalue weighted by molar-refractivity contribution is -0.117.